The number of hydrogen-bond donors (Lipinski definition) is 1. The lowest BCUT2D eigenvalue weighted by Gasteiger charge is -2.17. The fourth-order valence-corrected chi connectivity index (χ4v) is 3.54. The van der Waals surface area contributed by atoms with Crippen molar-refractivity contribution < 1.29 is 24.0 Å². The van der Waals surface area contributed by atoms with Gasteiger partial charge in [0.2, 0.25) is 5.75 Å². The summed E-state index contributed by atoms with van der Waals surface area (Å²) < 4.78 is 5.15. The Morgan fingerprint density at radius 1 is 0.971 bits per heavy atom. The van der Waals surface area contributed by atoms with Crippen molar-refractivity contribution in [3.05, 3.63) is 105 Å². The van der Waals surface area contributed by atoms with E-state index >= 15 is 0 Å². The predicted molar refractivity (Wildman–Crippen MR) is 125 cm³/mol. The number of amides is 2. The first-order valence-electron chi connectivity index (χ1n) is 9.95. The van der Waals surface area contributed by atoms with Crippen molar-refractivity contribution in [2.45, 2.75) is 6.92 Å². The van der Waals surface area contributed by atoms with Crippen molar-refractivity contribution >= 4 is 46.4 Å². The van der Waals surface area contributed by atoms with E-state index in [4.69, 9.17) is 16.3 Å². The van der Waals surface area contributed by atoms with Crippen LogP contribution in [0.1, 0.15) is 15.9 Å². The fourth-order valence-electron chi connectivity index (χ4n) is 3.33. The molecule has 3 aromatic rings. The number of para-hydroxylation sites is 3. The number of nitrogens with zero attached hydrogens (tertiary/aromatic N) is 2. The van der Waals surface area contributed by atoms with Crippen LogP contribution in [0.3, 0.4) is 0 Å². The van der Waals surface area contributed by atoms with Gasteiger partial charge in [0.1, 0.15) is 10.7 Å². The van der Waals surface area contributed by atoms with Gasteiger partial charge < -0.3 is 10.1 Å². The van der Waals surface area contributed by atoms with Gasteiger partial charge in [-0.25, -0.2) is 9.69 Å². The SMILES string of the molecule is Cc1ccccc1N1C(=O)C(Cl)=C(Nc2ccc(C(=O)Oc3ccccc3[N+](=O)[O-])cc2)C1=O. The number of halogens is 1. The number of carbonyl (C=O) groups is 3. The molecule has 0 atom stereocenters. The number of benzene rings is 3. The Labute approximate surface area is 198 Å². The molecule has 3 aromatic carbocycles. The van der Waals surface area contributed by atoms with Gasteiger partial charge in [0.05, 0.1) is 16.2 Å². The maximum absolute atomic E-state index is 12.9. The third-order valence-electron chi connectivity index (χ3n) is 5.04. The molecule has 0 radical (unpaired) electrons. The van der Waals surface area contributed by atoms with E-state index in [1.165, 1.54) is 48.5 Å². The highest BCUT2D eigenvalue weighted by Gasteiger charge is 2.39. The Hall–Kier alpha value is -4.50. The maximum atomic E-state index is 12.9. The first kappa shape index (κ1) is 22.7. The molecule has 2 amide bonds. The van der Waals surface area contributed by atoms with Gasteiger partial charge in [0.15, 0.2) is 0 Å². The second-order valence-electron chi connectivity index (χ2n) is 7.24. The van der Waals surface area contributed by atoms with E-state index in [-0.39, 0.29) is 27.7 Å². The summed E-state index contributed by atoms with van der Waals surface area (Å²) in [5.41, 5.74) is 1.25. The van der Waals surface area contributed by atoms with E-state index in [1.54, 1.807) is 31.2 Å². The molecule has 10 heteroatoms. The molecule has 170 valence electrons. The minimum atomic E-state index is -0.795. The Balaban J connectivity index is 1.50. The van der Waals surface area contributed by atoms with Crippen LogP contribution in [0.25, 0.3) is 0 Å². The van der Waals surface area contributed by atoms with E-state index in [0.717, 1.165) is 10.5 Å². The molecule has 0 bridgehead atoms. The van der Waals surface area contributed by atoms with Gasteiger partial charge in [0.25, 0.3) is 11.8 Å². The lowest BCUT2D eigenvalue weighted by atomic mass is 10.2. The predicted octanol–water partition coefficient (Wildman–Crippen LogP) is 4.56. The number of esters is 1. The molecule has 1 aliphatic rings. The van der Waals surface area contributed by atoms with Gasteiger partial charge in [0, 0.05) is 11.8 Å². The molecule has 1 heterocycles. The van der Waals surface area contributed by atoms with E-state index in [2.05, 4.69) is 5.32 Å². The standard InChI is InChI=1S/C24H16ClN3O6/c1-14-6-2-3-7-17(14)27-22(29)20(25)21(23(27)30)26-16-12-10-15(11-13-16)24(31)34-19-9-5-4-8-18(19)28(32)33/h2-13,26H,1H3. The second kappa shape index (κ2) is 9.16. The third kappa shape index (κ3) is 4.24. The van der Waals surface area contributed by atoms with Crippen LogP contribution in [-0.2, 0) is 9.59 Å². The molecule has 0 fully saturated rings. The van der Waals surface area contributed by atoms with E-state index in [1.807, 2.05) is 0 Å². The summed E-state index contributed by atoms with van der Waals surface area (Å²) in [4.78, 5) is 49.4. The zero-order valence-corrected chi connectivity index (χ0v) is 18.4. The number of hydrogen-bond acceptors (Lipinski definition) is 7. The largest absolute Gasteiger partial charge is 0.416 e. The van der Waals surface area contributed by atoms with Gasteiger partial charge >= 0.3 is 11.7 Å². The van der Waals surface area contributed by atoms with Crippen molar-refractivity contribution in [1.29, 1.82) is 0 Å². The number of nitro groups is 1. The van der Waals surface area contributed by atoms with E-state index < -0.39 is 22.7 Å². The summed E-state index contributed by atoms with van der Waals surface area (Å²) >= 11 is 6.16. The average Bonchev–Trinajstić information content (AvgIpc) is 3.03. The molecule has 0 saturated carbocycles. The van der Waals surface area contributed by atoms with Gasteiger partial charge in [-0.1, -0.05) is 41.9 Å². The lowest BCUT2D eigenvalue weighted by Crippen LogP contribution is -2.32. The van der Waals surface area contributed by atoms with Crippen LogP contribution in [0.2, 0.25) is 0 Å². The zero-order valence-electron chi connectivity index (χ0n) is 17.7. The minimum absolute atomic E-state index is 0.0924. The van der Waals surface area contributed by atoms with Crippen LogP contribution >= 0.6 is 11.6 Å². The topological polar surface area (TPSA) is 119 Å². The number of rotatable bonds is 6. The number of aryl methyl sites for hydroxylation is 1. The number of ether oxygens (including phenoxy) is 1. The van der Waals surface area contributed by atoms with Crippen LogP contribution in [0.4, 0.5) is 17.1 Å². The molecule has 0 saturated heterocycles. The van der Waals surface area contributed by atoms with Crippen molar-refractivity contribution in [2.24, 2.45) is 0 Å². The summed E-state index contributed by atoms with van der Waals surface area (Å²) in [6.07, 6.45) is 0. The van der Waals surface area contributed by atoms with Crippen LogP contribution in [-0.4, -0.2) is 22.7 Å². The van der Waals surface area contributed by atoms with Crippen LogP contribution in [0, 0.1) is 17.0 Å². The quantitative estimate of drug-likeness (QED) is 0.182. The average molecular weight is 478 g/mol. The van der Waals surface area contributed by atoms with Gasteiger partial charge in [-0.3, -0.25) is 19.7 Å². The zero-order chi connectivity index (χ0) is 24.4. The Morgan fingerprint density at radius 2 is 1.62 bits per heavy atom. The molecule has 0 aliphatic carbocycles. The van der Waals surface area contributed by atoms with Crippen LogP contribution < -0.4 is 15.0 Å². The summed E-state index contributed by atoms with van der Waals surface area (Å²) in [7, 11) is 0. The molecule has 0 aromatic heterocycles. The minimum Gasteiger partial charge on any atom is -0.416 e. The summed E-state index contributed by atoms with van der Waals surface area (Å²) in [5.74, 6) is -2.23. The number of anilines is 2. The molecule has 34 heavy (non-hydrogen) atoms. The highest BCUT2D eigenvalue weighted by Crippen LogP contribution is 2.32. The van der Waals surface area contributed by atoms with Crippen molar-refractivity contribution in [2.75, 3.05) is 10.2 Å². The van der Waals surface area contributed by atoms with E-state index in [0.29, 0.717) is 11.4 Å². The first-order chi connectivity index (χ1) is 16.3. The molecule has 0 unspecified atom stereocenters. The smallest absolute Gasteiger partial charge is 0.343 e. The first-order valence-corrected chi connectivity index (χ1v) is 10.3. The molecule has 4 rings (SSSR count). The molecular weight excluding hydrogens is 462 g/mol. The summed E-state index contributed by atoms with van der Waals surface area (Å²) in [6, 6.07) is 18.3. The monoisotopic (exact) mass is 477 g/mol. The van der Waals surface area contributed by atoms with Crippen molar-refractivity contribution in [1.82, 2.24) is 0 Å². The van der Waals surface area contributed by atoms with Gasteiger partial charge in [-0.05, 0) is 48.9 Å². The van der Waals surface area contributed by atoms with Crippen molar-refractivity contribution in [3.8, 4) is 5.75 Å². The summed E-state index contributed by atoms with van der Waals surface area (Å²) in [6.45, 7) is 1.77. The Morgan fingerprint density at radius 3 is 2.29 bits per heavy atom. The van der Waals surface area contributed by atoms with E-state index in [9.17, 15) is 24.5 Å². The number of nitrogens with one attached hydrogen (secondary N) is 1. The molecule has 1 aliphatic heterocycles. The number of nitro benzene ring substituents is 1. The molecule has 9 nitrogen and oxygen atoms in total. The van der Waals surface area contributed by atoms with Gasteiger partial charge in [-0.15, -0.1) is 0 Å². The normalized spacial score (nSPS) is 13.3. The third-order valence-corrected chi connectivity index (χ3v) is 5.39. The highest BCUT2D eigenvalue weighted by atomic mass is 35.5. The lowest BCUT2D eigenvalue weighted by molar-refractivity contribution is -0.385. The summed E-state index contributed by atoms with van der Waals surface area (Å²) in [5, 5.41) is 13.7. The van der Waals surface area contributed by atoms with Gasteiger partial charge in [-0.2, -0.15) is 0 Å². The number of imide groups is 1. The maximum Gasteiger partial charge on any atom is 0.343 e. The molecular formula is C24H16ClN3O6. The Kier molecular flexibility index (Phi) is 6.11. The second-order valence-corrected chi connectivity index (χ2v) is 7.62. The molecule has 1 N–H and O–H groups in total. The number of carbonyl (C=O) groups excluding carboxylic acids is 3. The van der Waals surface area contributed by atoms with Crippen molar-refractivity contribution in [3.63, 3.8) is 0 Å². The Bertz CT molecular complexity index is 1370. The van der Waals surface area contributed by atoms with Crippen LogP contribution in [0.15, 0.2) is 83.5 Å². The molecule has 0 spiro atoms. The fraction of sp³-hybridized carbons (Fsp3) is 0.0417. The van der Waals surface area contributed by atoms with Crippen LogP contribution in [0.5, 0.6) is 5.75 Å². The highest BCUT2D eigenvalue weighted by molar-refractivity contribution is 6.53.